The Hall–Kier alpha value is -1.55. The number of ether oxygens (including phenoxy) is 1. The molecule has 0 aliphatic carbocycles. The van der Waals surface area contributed by atoms with Crippen LogP contribution in [0.5, 0.6) is 5.75 Å². The molecule has 1 amide bonds. The van der Waals surface area contributed by atoms with Crippen molar-refractivity contribution in [3.8, 4) is 5.75 Å². The zero-order valence-electron chi connectivity index (χ0n) is 11.7. The van der Waals surface area contributed by atoms with Crippen molar-refractivity contribution in [2.24, 2.45) is 5.92 Å². The third kappa shape index (κ3) is 2.89. The number of benzene rings is 1. The number of aliphatic hydroxyl groups excluding tert-OH is 1. The SMILES string of the molecule is COc1ccc(C(C)N2C[C@H](C(C)O)CC2=O)cc1. The van der Waals surface area contributed by atoms with Crippen LogP contribution in [0.4, 0.5) is 0 Å². The molecule has 2 rings (SSSR count). The quantitative estimate of drug-likeness (QED) is 0.903. The molecular formula is C15H21NO3. The lowest BCUT2D eigenvalue weighted by molar-refractivity contribution is -0.129. The summed E-state index contributed by atoms with van der Waals surface area (Å²) in [5.74, 6) is 0.980. The first-order chi connectivity index (χ1) is 9.02. The maximum atomic E-state index is 12.0. The fraction of sp³-hybridized carbons (Fsp3) is 0.533. The summed E-state index contributed by atoms with van der Waals surface area (Å²) in [6.45, 7) is 4.40. The number of hydrogen-bond donors (Lipinski definition) is 1. The molecule has 104 valence electrons. The van der Waals surface area contributed by atoms with Gasteiger partial charge in [-0.05, 0) is 31.5 Å². The molecule has 0 bridgehead atoms. The average molecular weight is 263 g/mol. The van der Waals surface area contributed by atoms with Gasteiger partial charge in [0.05, 0.1) is 19.3 Å². The van der Waals surface area contributed by atoms with Crippen LogP contribution in [0.1, 0.15) is 31.9 Å². The molecule has 1 aromatic carbocycles. The highest BCUT2D eigenvalue weighted by Gasteiger charge is 2.35. The van der Waals surface area contributed by atoms with Crippen LogP contribution in [0.15, 0.2) is 24.3 Å². The van der Waals surface area contributed by atoms with E-state index in [4.69, 9.17) is 4.74 Å². The predicted molar refractivity (Wildman–Crippen MR) is 72.9 cm³/mol. The highest BCUT2D eigenvalue weighted by atomic mass is 16.5. The molecular weight excluding hydrogens is 242 g/mol. The van der Waals surface area contributed by atoms with E-state index in [9.17, 15) is 9.90 Å². The maximum absolute atomic E-state index is 12.0. The molecule has 1 fully saturated rings. The molecule has 0 radical (unpaired) electrons. The van der Waals surface area contributed by atoms with E-state index in [0.29, 0.717) is 13.0 Å². The number of methoxy groups -OCH3 is 1. The van der Waals surface area contributed by atoms with E-state index in [1.165, 1.54) is 0 Å². The van der Waals surface area contributed by atoms with Crippen molar-refractivity contribution in [1.29, 1.82) is 0 Å². The molecule has 4 nitrogen and oxygen atoms in total. The van der Waals surface area contributed by atoms with Crippen LogP contribution >= 0.6 is 0 Å². The summed E-state index contributed by atoms with van der Waals surface area (Å²) >= 11 is 0. The number of rotatable bonds is 4. The molecule has 1 saturated heterocycles. The van der Waals surface area contributed by atoms with Crippen LogP contribution in [0.3, 0.4) is 0 Å². The topological polar surface area (TPSA) is 49.8 Å². The largest absolute Gasteiger partial charge is 0.497 e. The van der Waals surface area contributed by atoms with Gasteiger partial charge in [-0.25, -0.2) is 0 Å². The zero-order chi connectivity index (χ0) is 14.0. The highest BCUT2D eigenvalue weighted by Crippen LogP contribution is 2.30. The molecule has 1 aromatic rings. The third-order valence-corrected chi connectivity index (χ3v) is 3.94. The van der Waals surface area contributed by atoms with E-state index in [1.54, 1.807) is 14.0 Å². The molecule has 4 heteroatoms. The molecule has 1 heterocycles. The number of amides is 1. The Balaban J connectivity index is 2.10. The lowest BCUT2D eigenvalue weighted by Crippen LogP contribution is -2.29. The summed E-state index contributed by atoms with van der Waals surface area (Å²) in [7, 11) is 1.63. The van der Waals surface area contributed by atoms with Crippen LogP contribution in [-0.4, -0.2) is 35.7 Å². The summed E-state index contributed by atoms with van der Waals surface area (Å²) in [5.41, 5.74) is 1.08. The Morgan fingerprint density at radius 2 is 1.95 bits per heavy atom. The van der Waals surface area contributed by atoms with Gasteiger partial charge in [0.1, 0.15) is 5.75 Å². The Morgan fingerprint density at radius 3 is 2.42 bits per heavy atom. The van der Waals surface area contributed by atoms with E-state index < -0.39 is 6.10 Å². The summed E-state index contributed by atoms with van der Waals surface area (Å²) in [5, 5.41) is 9.61. The molecule has 0 spiro atoms. The zero-order valence-corrected chi connectivity index (χ0v) is 11.7. The minimum absolute atomic E-state index is 0.0298. The van der Waals surface area contributed by atoms with Gasteiger partial charge in [0, 0.05) is 18.9 Å². The number of carbonyl (C=O) groups is 1. The summed E-state index contributed by atoms with van der Waals surface area (Å²) in [6, 6.07) is 7.79. The van der Waals surface area contributed by atoms with Crippen molar-refractivity contribution in [3.05, 3.63) is 29.8 Å². The van der Waals surface area contributed by atoms with Crippen molar-refractivity contribution >= 4 is 5.91 Å². The van der Waals surface area contributed by atoms with Gasteiger partial charge in [0.2, 0.25) is 5.91 Å². The van der Waals surface area contributed by atoms with Gasteiger partial charge in [0.15, 0.2) is 0 Å². The number of likely N-dealkylation sites (tertiary alicyclic amines) is 1. The van der Waals surface area contributed by atoms with Gasteiger partial charge in [-0.2, -0.15) is 0 Å². The van der Waals surface area contributed by atoms with Crippen molar-refractivity contribution in [2.75, 3.05) is 13.7 Å². The molecule has 2 unspecified atom stereocenters. The molecule has 0 saturated carbocycles. The van der Waals surface area contributed by atoms with Gasteiger partial charge < -0.3 is 14.7 Å². The van der Waals surface area contributed by atoms with Crippen LogP contribution < -0.4 is 4.74 Å². The van der Waals surface area contributed by atoms with Crippen molar-refractivity contribution in [3.63, 3.8) is 0 Å². The van der Waals surface area contributed by atoms with E-state index in [1.807, 2.05) is 36.1 Å². The van der Waals surface area contributed by atoms with E-state index in [2.05, 4.69) is 0 Å². The highest BCUT2D eigenvalue weighted by molar-refractivity contribution is 5.79. The normalized spacial score (nSPS) is 22.4. The molecule has 1 aliphatic heterocycles. The van der Waals surface area contributed by atoms with Crippen LogP contribution in [0.25, 0.3) is 0 Å². The first-order valence-electron chi connectivity index (χ1n) is 6.64. The van der Waals surface area contributed by atoms with Gasteiger partial charge in [-0.3, -0.25) is 4.79 Å². The smallest absolute Gasteiger partial charge is 0.223 e. The summed E-state index contributed by atoms with van der Waals surface area (Å²) in [6.07, 6.45) is 0.00930. The predicted octanol–water partition coefficient (Wildman–Crippen LogP) is 1.99. The lowest BCUT2D eigenvalue weighted by Gasteiger charge is -2.25. The van der Waals surface area contributed by atoms with E-state index >= 15 is 0 Å². The lowest BCUT2D eigenvalue weighted by atomic mass is 10.0. The second-order valence-corrected chi connectivity index (χ2v) is 5.20. The van der Waals surface area contributed by atoms with Crippen LogP contribution in [-0.2, 0) is 4.79 Å². The average Bonchev–Trinajstić information content (AvgIpc) is 2.80. The van der Waals surface area contributed by atoms with Crippen molar-refractivity contribution in [2.45, 2.75) is 32.4 Å². The first kappa shape index (κ1) is 13.9. The minimum atomic E-state index is -0.433. The van der Waals surface area contributed by atoms with Gasteiger partial charge in [-0.1, -0.05) is 12.1 Å². The Bertz CT molecular complexity index is 441. The van der Waals surface area contributed by atoms with Crippen molar-refractivity contribution in [1.82, 2.24) is 4.90 Å². The number of aliphatic hydroxyl groups is 1. The second-order valence-electron chi connectivity index (χ2n) is 5.20. The summed E-state index contributed by atoms with van der Waals surface area (Å²) in [4.78, 5) is 13.9. The number of hydrogen-bond acceptors (Lipinski definition) is 3. The Morgan fingerprint density at radius 1 is 1.32 bits per heavy atom. The van der Waals surface area contributed by atoms with E-state index in [0.717, 1.165) is 11.3 Å². The maximum Gasteiger partial charge on any atom is 0.223 e. The Kier molecular flexibility index (Phi) is 4.10. The number of nitrogens with zero attached hydrogens (tertiary/aromatic N) is 1. The number of carbonyl (C=O) groups excluding carboxylic acids is 1. The van der Waals surface area contributed by atoms with Crippen LogP contribution in [0, 0.1) is 5.92 Å². The Labute approximate surface area is 114 Å². The molecule has 3 atom stereocenters. The van der Waals surface area contributed by atoms with Crippen LogP contribution in [0.2, 0.25) is 0 Å². The van der Waals surface area contributed by atoms with Gasteiger partial charge in [0.25, 0.3) is 0 Å². The first-order valence-corrected chi connectivity index (χ1v) is 6.64. The monoisotopic (exact) mass is 263 g/mol. The molecule has 1 N–H and O–H groups in total. The molecule has 1 aliphatic rings. The molecule has 19 heavy (non-hydrogen) atoms. The van der Waals surface area contributed by atoms with Gasteiger partial charge in [-0.15, -0.1) is 0 Å². The second kappa shape index (κ2) is 5.61. The van der Waals surface area contributed by atoms with E-state index in [-0.39, 0.29) is 17.9 Å². The fourth-order valence-electron chi connectivity index (χ4n) is 2.52. The minimum Gasteiger partial charge on any atom is -0.497 e. The summed E-state index contributed by atoms with van der Waals surface area (Å²) < 4.78 is 5.13. The third-order valence-electron chi connectivity index (χ3n) is 3.94. The van der Waals surface area contributed by atoms with Gasteiger partial charge >= 0.3 is 0 Å². The fourth-order valence-corrected chi connectivity index (χ4v) is 2.52. The van der Waals surface area contributed by atoms with Crippen molar-refractivity contribution < 1.29 is 14.6 Å². The standard InChI is InChI=1S/C15H21NO3/c1-10(12-4-6-14(19-3)7-5-12)16-9-13(11(2)17)8-15(16)18/h4-7,10-11,13,17H,8-9H2,1-3H3/t10?,11?,13-/m1/s1. The molecule has 0 aromatic heterocycles.